The maximum Gasteiger partial charge on any atom is 0.0928 e. The number of aromatic amines is 1. The van der Waals surface area contributed by atoms with E-state index in [-0.39, 0.29) is 6.10 Å². The molecule has 0 amide bonds. The molecule has 0 aliphatic rings. The molecule has 0 saturated carbocycles. The summed E-state index contributed by atoms with van der Waals surface area (Å²) in [7, 11) is 3.36. The van der Waals surface area contributed by atoms with Gasteiger partial charge in [0, 0.05) is 38.6 Å². The molecule has 1 unspecified atom stereocenters. The molecule has 1 heterocycles. The molecule has 1 atom stereocenters. The van der Waals surface area contributed by atoms with Crippen molar-refractivity contribution in [1.82, 2.24) is 15.5 Å². The number of aromatic nitrogens is 2. The van der Waals surface area contributed by atoms with Gasteiger partial charge in [-0.1, -0.05) is 0 Å². The number of ether oxygens (including phenoxy) is 2. The Morgan fingerprint density at radius 1 is 1.53 bits per heavy atom. The summed E-state index contributed by atoms with van der Waals surface area (Å²) in [4.78, 5) is 0. The second kappa shape index (κ2) is 6.55. The second-order valence-electron chi connectivity index (χ2n) is 3.46. The zero-order chi connectivity index (χ0) is 11.1. The van der Waals surface area contributed by atoms with Crippen LogP contribution in [0.3, 0.4) is 0 Å². The van der Waals surface area contributed by atoms with Crippen LogP contribution in [-0.2, 0) is 16.0 Å². The minimum absolute atomic E-state index is 0.0993. The lowest BCUT2D eigenvalue weighted by Crippen LogP contribution is -2.31. The Kier molecular flexibility index (Phi) is 5.31. The molecule has 0 aliphatic carbocycles. The van der Waals surface area contributed by atoms with Gasteiger partial charge in [0.05, 0.1) is 18.9 Å². The van der Waals surface area contributed by atoms with Crippen molar-refractivity contribution in [2.24, 2.45) is 0 Å². The molecule has 0 aromatic carbocycles. The van der Waals surface area contributed by atoms with Crippen LogP contribution in [0.4, 0.5) is 0 Å². The fraction of sp³-hybridized carbons (Fsp3) is 0.700. The van der Waals surface area contributed by atoms with Gasteiger partial charge in [0.1, 0.15) is 0 Å². The smallest absolute Gasteiger partial charge is 0.0928 e. The molecule has 0 aliphatic heterocycles. The molecule has 5 heteroatoms. The first-order valence-corrected chi connectivity index (χ1v) is 4.99. The first-order valence-electron chi connectivity index (χ1n) is 4.99. The van der Waals surface area contributed by atoms with E-state index in [4.69, 9.17) is 9.47 Å². The van der Waals surface area contributed by atoms with E-state index in [2.05, 4.69) is 15.5 Å². The van der Waals surface area contributed by atoms with E-state index < -0.39 is 0 Å². The molecule has 15 heavy (non-hydrogen) atoms. The minimum Gasteiger partial charge on any atom is -0.382 e. The van der Waals surface area contributed by atoms with E-state index in [1.165, 1.54) is 5.56 Å². The average Bonchev–Trinajstić information content (AvgIpc) is 2.63. The standard InChI is InChI=1S/C10H19N3O2/c1-8-9(5-12-13-8)4-11-6-10(15-3)7-14-2/h5,10-11H,4,6-7H2,1-3H3,(H,12,13). The van der Waals surface area contributed by atoms with Crippen LogP contribution in [0.2, 0.25) is 0 Å². The van der Waals surface area contributed by atoms with Gasteiger partial charge in [-0.15, -0.1) is 0 Å². The Bertz CT molecular complexity index is 275. The Labute approximate surface area is 90.2 Å². The van der Waals surface area contributed by atoms with E-state index >= 15 is 0 Å². The monoisotopic (exact) mass is 213 g/mol. The van der Waals surface area contributed by atoms with E-state index in [1.807, 2.05) is 13.1 Å². The lowest BCUT2D eigenvalue weighted by Gasteiger charge is -2.14. The van der Waals surface area contributed by atoms with Crippen molar-refractivity contribution in [1.29, 1.82) is 0 Å². The van der Waals surface area contributed by atoms with Crippen molar-refractivity contribution in [3.63, 3.8) is 0 Å². The van der Waals surface area contributed by atoms with Crippen LogP contribution in [0.5, 0.6) is 0 Å². The number of nitrogens with zero attached hydrogens (tertiary/aromatic N) is 1. The summed E-state index contributed by atoms with van der Waals surface area (Å²) in [6.07, 6.45) is 1.93. The van der Waals surface area contributed by atoms with Crippen LogP contribution in [0, 0.1) is 6.92 Å². The van der Waals surface area contributed by atoms with Gasteiger partial charge in [0.15, 0.2) is 0 Å². The molecule has 2 N–H and O–H groups in total. The summed E-state index contributed by atoms with van der Waals surface area (Å²) < 4.78 is 10.3. The molecule has 0 spiro atoms. The molecule has 0 fully saturated rings. The second-order valence-corrected chi connectivity index (χ2v) is 3.46. The quantitative estimate of drug-likeness (QED) is 0.691. The molecular weight excluding hydrogens is 194 g/mol. The number of methoxy groups -OCH3 is 2. The predicted molar refractivity (Wildman–Crippen MR) is 57.7 cm³/mol. The molecular formula is C10H19N3O2. The Morgan fingerprint density at radius 2 is 2.33 bits per heavy atom. The van der Waals surface area contributed by atoms with E-state index in [0.717, 1.165) is 18.8 Å². The molecule has 0 saturated heterocycles. The third-order valence-corrected chi connectivity index (χ3v) is 2.31. The summed E-state index contributed by atoms with van der Waals surface area (Å²) in [5.74, 6) is 0. The van der Waals surface area contributed by atoms with Gasteiger partial charge < -0.3 is 14.8 Å². The summed E-state index contributed by atoms with van der Waals surface area (Å²) in [5, 5.41) is 10.2. The SMILES string of the molecule is COCC(CNCc1cn[nH]c1C)OC. The predicted octanol–water partition coefficient (Wildman–Crippen LogP) is 0.469. The first kappa shape index (κ1) is 12.2. The summed E-state index contributed by atoms with van der Waals surface area (Å²) >= 11 is 0. The average molecular weight is 213 g/mol. The lowest BCUT2D eigenvalue weighted by molar-refractivity contribution is 0.0288. The fourth-order valence-corrected chi connectivity index (χ4v) is 1.32. The molecule has 86 valence electrons. The van der Waals surface area contributed by atoms with E-state index in [1.54, 1.807) is 14.2 Å². The van der Waals surface area contributed by atoms with Crippen LogP contribution in [0.1, 0.15) is 11.3 Å². The normalized spacial score (nSPS) is 13.0. The van der Waals surface area contributed by atoms with Gasteiger partial charge >= 0.3 is 0 Å². The van der Waals surface area contributed by atoms with Crippen molar-refractivity contribution in [3.8, 4) is 0 Å². The maximum atomic E-state index is 5.23. The van der Waals surface area contributed by atoms with Crippen LogP contribution >= 0.6 is 0 Å². The van der Waals surface area contributed by atoms with Crippen molar-refractivity contribution < 1.29 is 9.47 Å². The van der Waals surface area contributed by atoms with Crippen LogP contribution < -0.4 is 5.32 Å². The van der Waals surface area contributed by atoms with Gasteiger partial charge in [-0.3, -0.25) is 5.10 Å². The highest BCUT2D eigenvalue weighted by atomic mass is 16.5. The van der Waals surface area contributed by atoms with Crippen LogP contribution in [-0.4, -0.2) is 43.7 Å². The fourth-order valence-electron chi connectivity index (χ4n) is 1.32. The molecule has 1 aromatic rings. The van der Waals surface area contributed by atoms with Gasteiger partial charge in [0.2, 0.25) is 0 Å². The molecule has 1 aromatic heterocycles. The van der Waals surface area contributed by atoms with Crippen LogP contribution in [0.15, 0.2) is 6.20 Å². The highest BCUT2D eigenvalue weighted by Crippen LogP contribution is 2.01. The van der Waals surface area contributed by atoms with E-state index in [0.29, 0.717) is 6.61 Å². The number of aryl methyl sites for hydroxylation is 1. The van der Waals surface area contributed by atoms with Gasteiger partial charge in [-0.05, 0) is 6.92 Å². The number of nitrogens with one attached hydrogen (secondary N) is 2. The number of H-pyrrole nitrogens is 1. The first-order chi connectivity index (χ1) is 7.27. The molecule has 5 nitrogen and oxygen atoms in total. The highest BCUT2D eigenvalue weighted by molar-refractivity contribution is 5.13. The van der Waals surface area contributed by atoms with Crippen LogP contribution in [0.25, 0.3) is 0 Å². The number of hydrogen-bond acceptors (Lipinski definition) is 4. The Balaban J connectivity index is 2.23. The summed E-state index contributed by atoms with van der Waals surface area (Å²) in [6, 6.07) is 0. The Morgan fingerprint density at radius 3 is 2.87 bits per heavy atom. The van der Waals surface area contributed by atoms with Gasteiger partial charge in [-0.2, -0.15) is 5.10 Å². The highest BCUT2D eigenvalue weighted by Gasteiger charge is 2.06. The van der Waals surface area contributed by atoms with Gasteiger partial charge in [0.25, 0.3) is 0 Å². The van der Waals surface area contributed by atoms with Crippen molar-refractivity contribution in [2.45, 2.75) is 19.6 Å². The third kappa shape index (κ3) is 3.99. The number of hydrogen-bond donors (Lipinski definition) is 2. The van der Waals surface area contributed by atoms with Gasteiger partial charge in [-0.25, -0.2) is 0 Å². The minimum atomic E-state index is 0.0993. The summed E-state index contributed by atoms with van der Waals surface area (Å²) in [5.41, 5.74) is 2.28. The van der Waals surface area contributed by atoms with Crippen molar-refractivity contribution >= 4 is 0 Å². The topological polar surface area (TPSA) is 59.2 Å². The van der Waals surface area contributed by atoms with Crippen molar-refractivity contribution in [3.05, 3.63) is 17.5 Å². The van der Waals surface area contributed by atoms with Crippen molar-refractivity contribution in [2.75, 3.05) is 27.4 Å². The zero-order valence-corrected chi connectivity index (χ0v) is 9.54. The largest absolute Gasteiger partial charge is 0.382 e. The zero-order valence-electron chi connectivity index (χ0n) is 9.54. The molecule has 1 rings (SSSR count). The third-order valence-electron chi connectivity index (χ3n) is 2.31. The summed E-state index contributed by atoms with van der Waals surface area (Å²) in [6.45, 7) is 4.18. The van der Waals surface area contributed by atoms with E-state index in [9.17, 15) is 0 Å². The lowest BCUT2D eigenvalue weighted by atomic mass is 10.2. The Hall–Kier alpha value is -0.910. The molecule has 0 radical (unpaired) electrons. The number of rotatable bonds is 7. The maximum absolute atomic E-state index is 5.23. The molecule has 0 bridgehead atoms.